The summed E-state index contributed by atoms with van der Waals surface area (Å²) < 4.78 is 67.8. The third-order valence-corrected chi connectivity index (χ3v) is 5.94. The molecule has 1 rings (SSSR count). The molecule has 1 heterocycles. The fourth-order valence-electron chi connectivity index (χ4n) is 2.68. The van der Waals surface area contributed by atoms with Gasteiger partial charge in [-0.15, -0.1) is 0 Å². The van der Waals surface area contributed by atoms with E-state index < -0.39 is 22.6 Å². The Hall–Kier alpha value is -1.07. The van der Waals surface area contributed by atoms with E-state index in [-0.39, 0.29) is 24.9 Å². The molecule has 0 amide bonds. The number of guanidine groups is 1. The summed E-state index contributed by atoms with van der Waals surface area (Å²) in [6.45, 7) is 5.92. The molecule has 7 nitrogen and oxygen atoms in total. The van der Waals surface area contributed by atoms with Crippen molar-refractivity contribution in [3.8, 4) is 0 Å². The minimum atomic E-state index is -4.12. The number of sulfonamides is 1. The zero-order valence-corrected chi connectivity index (χ0v) is 17.1. The highest BCUT2D eigenvalue weighted by Gasteiger charge is 2.28. The van der Waals surface area contributed by atoms with Crippen LogP contribution < -0.4 is 5.32 Å². The van der Waals surface area contributed by atoms with Crippen LogP contribution in [-0.4, -0.2) is 88.0 Å². The first-order valence-electron chi connectivity index (χ1n) is 9.17. The maximum Gasteiger partial charge on any atom is 0.389 e. The lowest BCUT2D eigenvalue weighted by molar-refractivity contribution is -0.135. The monoisotopic (exact) mass is 416 g/mol. The van der Waals surface area contributed by atoms with Crippen LogP contribution in [0.3, 0.4) is 0 Å². The van der Waals surface area contributed by atoms with Crippen molar-refractivity contribution in [2.24, 2.45) is 4.99 Å². The number of alkyl halides is 3. The lowest BCUT2D eigenvalue weighted by atomic mass is 10.2. The molecule has 11 heteroatoms. The zero-order valence-electron chi connectivity index (χ0n) is 16.3. The Morgan fingerprint density at radius 3 is 2.33 bits per heavy atom. The SMILES string of the molecule is CN=C(NCCCCC(F)(F)F)N1CCN(S(=O)(=O)CCOC(C)C)CC1. The van der Waals surface area contributed by atoms with Crippen molar-refractivity contribution in [1.82, 2.24) is 14.5 Å². The minimum absolute atomic E-state index is 0.0115. The van der Waals surface area contributed by atoms with Crippen LogP contribution in [-0.2, 0) is 14.8 Å². The number of unbranched alkanes of at least 4 members (excludes halogenated alkanes) is 1. The van der Waals surface area contributed by atoms with Gasteiger partial charge in [0.25, 0.3) is 0 Å². The number of hydrogen-bond acceptors (Lipinski definition) is 4. The van der Waals surface area contributed by atoms with Gasteiger partial charge in [-0.2, -0.15) is 17.5 Å². The van der Waals surface area contributed by atoms with E-state index in [1.807, 2.05) is 18.7 Å². The molecule has 0 spiro atoms. The largest absolute Gasteiger partial charge is 0.389 e. The lowest BCUT2D eigenvalue weighted by Gasteiger charge is -2.35. The Labute approximate surface area is 160 Å². The van der Waals surface area contributed by atoms with E-state index in [2.05, 4.69) is 10.3 Å². The average Bonchev–Trinajstić information content (AvgIpc) is 2.57. The molecule has 1 N–H and O–H groups in total. The van der Waals surface area contributed by atoms with Crippen molar-refractivity contribution in [3.05, 3.63) is 0 Å². The maximum absolute atomic E-state index is 12.3. The number of halogens is 3. The first-order chi connectivity index (χ1) is 12.5. The van der Waals surface area contributed by atoms with Crippen LogP contribution in [0, 0.1) is 0 Å². The highest BCUT2D eigenvalue weighted by Crippen LogP contribution is 2.21. The Balaban J connectivity index is 2.36. The Kier molecular flexibility index (Phi) is 9.82. The summed E-state index contributed by atoms with van der Waals surface area (Å²) in [5, 5.41) is 3.05. The molecule has 27 heavy (non-hydrogen) atoms. The van der Waals surface area contributed by atoms with Gasteiger partial charge in [-0.25, -0.2) is 8.42 Å². The van der Waals surface area contributed by atoms with Gasteiger partial charge in [0, 0.05) is 46.2 Å². The summed E-state index contributed by atoms with van der Waals surface area (Å²) in [6.07, 6.45) is -4.46. The van der Waals surface area contributed by atoms with E-state index in [1.54, 1.807) is 7.05 Å². The van der Waals surface area contributed by atoms with Crippen molar-refractivity contribution in [3.63, 3.8) is 0 Å². The topological polar surface area (TPSA) is 74.2 Å². The predicted molar refractivity (Wildman–Crippen MR) is 99.3 cm³/mol. The van der Waals surface area contributed by atoms with Gasteiger partial charge in [0.15, 0.2) is 5.96 Å². The summed E-state index contributed by atoms with van der Waals surface area (Å²) in [5.74, 6) is 0.541. The minimum Gasteiger partial charge on any atom is -0.378 e. The Morgan fingerprint density at radius 1 is 1.19 bits per heavy atom. The van der Waals surface area contributed by atoms with E-state index in [4.69, 9.17) is 4.74 Å². The van der Waals surface area contributed by atoms with E-state index in [1.165, 1.54) is 4.31 Å². The second-order valence-corrected chi connectivity index (χ2v) is 8.76. The molecule has 1 aliphatic rings. The van der Waals surface area contributed by atoms with Gasteiger partial charge in [0.2, 0.25) is 10.0 Å². The molecule has 0 aliphatic carbocycles. The number of piperazine rings is 1. The van der Waals surface area contributed by atoms with Crippen molar-refractivity contribution in [1.29, 1.82) is 0 Å². The third-order valence-electron chi connectivity index (χ3n) is 4.11. The molecule has 0 aromatic heterocycles. The van der Waals surface area contributed by atoms with Gasteiger partial charge in [0.1, 0.15) is 0 Å². The molecular weight excluding hydrogens is 385 g/mol. The second-order valence-electron chi connectivity index (χ2n) is 6.67. The quantitative estimate of drug-likeness (QED) is 0.352. The summed E-state index contributed by atoms with van der Waals surface area (Å²) in [7, 11) is -1.76. The number of rotatable bonds is 9. The number of hydrogen-bond donors (Lipinski definition) is 1. The van der Waals surface area contributed by atoms with Gasteiger partial charge < -0.3 is 15.0 Å². The van der Waals surface area contributed by atoms with Gasteiger partial charge in [-0.05, 0) is 26.7 Å². The van der Waals surface area contributed by atoms with Crippen molar-refractivity contribution in [2.45, 2.75) is 45.4 Å². The standard InChI is InChI=1S/C16H31F3N4O3S/c1-14(2)26-12-13-27(24,25)23-10-8-22(9-11-23)15(20-3)21-7-5-4-6-16(17,18)19/h14H,4-13H2,1-3H3,(H,20,21). The number of aliphatic imine (C=N–C) groups is 1. The molecule has 0 atom stereocenters. The van der Waals surface area contributed by atoms with E-state index in [0.717, 1.165) is 0 Å². The van der Waals surface area contributed by atoms with Crippen LogP contribution in [0.4, 0.5) is 13.2 Å². The van der Waals surface area contributed by atoms with Crippen molar-refractivity contribution >= 4 is 16.0 Å². The smallest absolute Gasteiger partial charge is 0.378 e. The van der Waals surface area contributed by atoms with E-state index in [0.29, 0.717) is 45.1 Å². The summed E-state index contributed by atoms with van der Waals surface area (Å²) >= 11 is 0. The van der Waals surface area contributed by atoms with Crippen LogP contribution in [0.5, 0.6) is 0 Å². The molecule has 0 unspecified atom stereocenters. The molecule has 0 saturated carbocycles. The molecule has 1 saturated heterocycles. The summed E-state index contributed by atoms with van der Waals surface area (Å²) in [5.41, 5.74) is 0. The highest BCUT2D eigenvalue weighted by molar-refractivity contribution is 7.89. The number of ether oxygens (including phenoxy) is 1. The molecule has 1 fully saturated rings. The summed E-state index contributed by atoms with van der Waals surface area (Å²) in [6, 6.07) is 0. The van der Waals surface area contributed by atoms with Crippen LogP contribution in [0.25, 0.3) is 0 Å². The van der Waals surface area contributed by atoms with Gasteiger partial charge in [0.05, 0.1) is 18.5 Å². The van der Waals surface area contributed by atoms with Crippen molar-refractivity contribution in [2.75, 3.05) is 52.1 Å². The van der Waals surface area contributed by atoms with E-state index in [9.17, 15) is 21.6 Å². The zero-order chi connectivity index (χ0) is 20.5. The lowest BCUT2D eigenvalue weighted by Crippen LogP contribution is -2.54. The molecule has 160 valence electrons. The fraction of sp³-hybridized carbons (Fsp3) is 0.938. The molecule has 0 aromatic rings. The Bertz CT molecular complexity index is 560. The average molecular weight is 417 g/mol. The van der Waals surface area contributed by atoms with E-state index >= 15 is 0 Å². The number of nitrogens with zero attached hydrogens (tertiary/aromatic N) is 3. The van der Waals surface area contributed by atoms with Crippen LogP contribution in [0.1, 0.15) is 33.1 Å². The first kappa shape index (κ1) is 24.0. The number of nitrogens with one attached hydrogen (secondary N) is 1. The molecular formula is C16H31F3N4O3S. The van der Waals surface area contributed by atoms with Crippen molar-refractivity contribution < 1.29 is 26.3 Å². The van der Waals surface area contributed by atoms with Gasteiger partial charge >= 0.3 is 6.18 Å². The highest BCUT2D eigenvalue weighted by atomic mass is 32.2. The third kappa shape index (κ3) is 9.61. The maximum atomic E-state index is 12.3. The van der Waals surface area contributed by atoms with Crippen LogP contribution >= 0.6 is 0 Å². The first-order valence-corrected chi connectivity index (χ1v) is 10.8. The van der Waals surface area contributed by atoms with Gasteiger partial charge in [-0.1, -0.05) is 0 Å². The summed E-state index contributed by atoms with van der Waals surface area (Å²) in [4.78, 5) is 6.05. The molecule has 0 aromatic carbocycles. The predicted octanol–water partition coefficient (Wildman–Crippen LogP) is 1.67. The normalized spacial score (nSPS) is 17.6. The molecule has 0 radical (unpaired) electrons. The van der Waals surface area contributed by atoms with Crippen LogP contribution in [0.2, 0.25) is 0 Å². The molecule has 1 aliphatic heterocycles. The van der Waals surface area contributed by atoms with Crippen LogP contribution in [0.15, 0.2) is 4.99 Å². The van der Waals surface area contributed by atoms with Gasteiger partial charge in [-0.3, -0.25) is 4.99 Å². The second kappa shape index (κ2) is 11.1. The fourth-order valence-corrected chi connectivity index (χ4v) is 3.96. The Morgan fingerprint density at radius 2 is 1.81 bits per heavy atom. The molecule has 0 bridgehead atoms.